The Bertz CT molecular complexity index is 158. The lowest BCUT2D eigenvalue weighted by Crippen LogP contribution is -2.48. The highest BCUT2D eigenvalue weighted by molar-refractivity contribution is 4.87. The number of hydrogen-bond acceptors (Lipinski definition) is 2. The second kappa shape index (κ2) is 4.43. The van der Waals surface area contributed by atoms with E-state index in [1.54, 1.807) is 0 Å². The Morgan fingerprint density at radius 1 is 1.23 bits per heavy atom. The van der Waals surface area contributed by atoms with Crippen LogP contribution < -0.4 is 10.6 Å². The van der Waals surface area contributed by atoms with Crippen molar-refractivity contribution in [3.05, 3.63) is 0 Å². The van der Waals surface area contributed by atoms with E-state index in [2.05, 4.69) is 17.7 Å². The molecule has 2 fully saturated rings. The van der Waals surface area contributed by atoms with E-state index in [9.17, 15) is 0 Å². The highest BCUT2D eigenvalue weighted by atomic mass is 15.0. The molecular weight excluding hydrogens is 160 g/mol. The van der Waals surface area contributed by atoms with Crippen LogP contribution in [0.4, 0.5) is 0 Å². The molecule has 3 atom stereocenters. The molecule has 2 N–H and O–H groups in total. The Morgan fingerprint density at radius 3 is 2.77 bits per heavy atom. The van der Waals surface area contributed by atoms with Gasteiger partial charge in [0.15, 0.2) is 0 Å². The lowest BCUT2D eigenvalue weighted by Gasteiger charge is -2.40. The molecule has 0 aromatic rings. The van der Waals surface area contributed by atoms with E-state index >= 15 is 0 Å². The molecule has 1 aliphatic carbocycles. The number of fused-ring (bicyclic) bond motifs is 1. The average Bonchev–Trinajstić information content (AvgIpc) is 2.18. The summed E-state index contributed by atoms with van der Waals surface area (Å²) >= 11 is 0. The zero-order valence-corrected chi connectivity index (χ0v) is 8.68. The standard InChI is InChI=1S/C11H22N2/c1-12-8-11-6-9-4-2-3-5-10(9)7-13-11/h9-13H,2-8H2,1H3. The van der Waals surface area contributed by atoms with Crippen LogP contribution >= 0.6 is 0 Å². The fourth-order valence-electron chi connectivity index (χ4n) is 3.03. The van der Waals surface area contributed by atoms with E-state index in [4.69, 9.17) is 0 Å². The fraction of sp³-hybridized carbons (Fsp3) is 1.00. The summed E-state index contributed by atoms with van der Waals surface area (Å²) in [5, 5.41) is 6.93. The molecule has 2 rings (SSSR count). The summed E-state index contributed by atoms with van der Waals surface area (Å²) in [6.45, 7) is 2.42. The van der Waals surface area contributed by atoms with Crippen molar-refractivity contribution < 1.29 is 0 Å². The first-order chi connectivity index (χ1) is 6.40. The summed E-state index contributed by atoms with van der Waals surface area (Å²) in [6.07, 6.45) is 7.33. The minimum absolute atomic E-state index is 0.740. The second-order valence-electron chi connectivity index (χ2n) is 4.70. The van der Waals surface area contributed by atoms with Gasteiger partial charge < -0.3 is 10.6 Å². The zero-order chi connectivity index (χ0) is 9.10. The number of nitrogens with one attached hydrogen (secondary N) is 2. The lowest BCUT2D eigenvalue weighted by molar-refractivity contribution is 0.153. The highest BCUT2D eigenvalue weighted by Crippen LogP contribution is 2.35. The second-order valence-corrected chi connectivity index (χ2v) is 4.70. The van der Waals surface area contributed by atoms with Crippen molar-refractivity contribution in [2.75, 3.05) is 20.1 Å². The van der Waals surface area contributed by atoms with Gasteiger partial charge in [-0.3, -0.25) is 0 Å². The minimum atomic E-state index is 0.740. The van der Waals surface area contributed by atoms with Crippen molar-refractivity contribution >= 4 is 0 Å². The monoisotopic (exact) mass is 182 g/mol. The van der Waals surface area contributed by atoms with E-state index in [0.717, 1.165) is 24.4 Å². The molecule has 0 bridgehead atoms. The van der Waals surface area contributed by atoms with Gasteiger partial charge in [-0.2, -0.15) is 0 Å². The van der Waals surface area contributed by atoms with Gasteiger partial charge in [-0.1, -0.05) is 19.3 Å². The largest absolute Gasteiger partial charge is 0.318 e. The molecule has 0 radical (unpaired) electrons. The molecule has 1 heterocycles. The topological polar surface area (TPSA) is 24.1 Å². The van der Waals surface area contributed by atoms with Crippen molar-refractivity contribution in [1.82, 2.24) is 10.6 Å². The molecule has 1 saturated carbocycles. The van der Waals surface area contributed by atoms with Crippen molar-refractivity contribution in [3.63, 3.8) is 0 Å². The molecule has 0 spiro atoms. The molecular formula is C11H22N2. The third kappa shape index (κ3) is 2.23. The molecule has 76 valence electrons. The van der Waals surface area contributed by atoms with Gasteiger partial charge in [0.2, 0.25) is 0 Å². The number of likely N-dealkylation sites (N-methyl/N-ethyl adjacent to an activating group) is 1. The van der Waals surface area contributed by atoms with Gasteiger partial charge in [-0.05, 0) is 38.3 Å². The molecule has 2 aliphatic rings. The van der Waals surface area contributed by atoms with Crippen molar-refractivity contribution in [2.24, 2.45) is 11.8 Å². The first-order valence-electron chi connectivity index (χ1n) is 5.78. The molecule has 0 aromatic heterocycles. The van der Waals surface area contributed by atoms with Gasteiger partial charge >= 0.3 is 0 Å². The molecule has 3 unspecified atom stereocenters. The first kappa shape index (κ1) is 9.47. The molecule has 1 saturated heterocycles. The average molecular weight is 182 g/mol. The maximum absolute atomic E-state index is 3.66. The summed E-state index contributed by atoms with van der Waals surface area (Å²) in [5.41, 5.74) is 0. The summed E-state index contributed by atoms with van der Waals surface area (Å²) in [5.74, 6) is 2.04. The smallest absolute Gasteiger partial charge is 0.0195 e. The van der Waals surface area contributed by atoms with Gasteiger partial charge in [0, 0.05) is 12.6 Å². The van der Waals surface area contributed by atoms with Crippen LogP contribution in [0.5, 0.6) is 0 Å². The van der Waals surface area contributed by atoms with E-state index in [1.165, 1.54) is 38.6 Å². The third-order valence-corrected chi connectivity index (χ3v) is 3.77. The Balaban J connectivity index is 1.84. The van der Waals surface area contributed by atoms with Gasteiger partial charge in [-0.25, -0.2) is 0 Å². The Kier molecular flexibility index (Phi) is 3.23. The van der Waals surface area contributed by atoms with Crippen LogP contribution in [0, 0.1) is 11.8 Å². The van der Waals surface area contributed by atoms with Crippen LogP contribution in [0.15, 0.2) is 0 Å². The lowest BCUT2D eigenvalue weighted by atomic mass is 9.74. The Hall–Kier alpha value is -0.0800. The van der Waals surface area contributed by atoms with Crippen LogP contribution in [0.1, 0.15) is 32.1 Å². The van der Waals surface area contributed by atoms with Crippen molar-refractivity contribution in [3.8, 4) is 0 Å². The van der Waals surface area contributed by atoms with Crippen LogP contribution in [0.2, 0.25) is 0 Å². The Morgan fingerprint density at radius 2 is 2.00 bits per heavy atom. The molecule has 2 nitrogen and oxygen atoms in total. The number of hydrogen-bond donors (Lipinski definition) is 2. The summed E-state index contributed by atoms with van der Waals surface area (Å²) in [4.78, 5) is 0. The van der Waals surface area contributed by atoms with Crippen LogP contribution in [0.3, 0.4) is 0 Å². The first-order valence-corrected chi connectivity index (χ1v) is 5.78. The van der Waals surface area contributed by atoms with E-state index in [-0.39, 0.29) is 0 Å². The van der Waals surface area contributed by atoms with Gasteiger partial charge in [0.1, 0.15) is 0 Å². The van der Waals surface area contributed by atoms with Crippen LogP contribution in [-0.4, -0.2) is 26.2 Å². The molecule has 2 heteroatoms. The van der Waals surface area contributed by atoms with Gasteiger partial charge in [-0.15, -0.1) is 0 Å². The van der Waals surface area contributed by atoms with Crippen LogP contribution in [-0.2, 0) is 0 Å². The van der Waals surface area contributed by atoms with Crippen molar-refractivity contribution in [2.45, 2.75) is 38.1 Å². The van der Waals surface area contributed by atoms with E-state index < -0.39 is 0 Å². The predicted octanol–water partition coefficient (Wildman–Crippen LogP) is 1.37. The van der Waals surface area contributed by atoms with Crippen LogP contribution in [0.25, 0.3) is 0 Å². The quantitative estimate of drug-likeness (QED) is 0.674. The normalized spacial score (nSPS) is 39.9. The maximum Gasteiger partial charge on any atom is 0.0195 e. The summed E-state index contributed by atoms with van der Waals surface area (Å²) < 4.78 is 0. The summed E-state index contributed by atoms with van der Waals surface area (Å²) in [7, 11) is 2.05. The Labute approximate surface area is 81.5 Å². The van der Waals surface area contributed by atoms with Crippen molar-refractivity contribution in [1.29, 1.82) is 0 Å². The number of rotatable bonds is 2. The van der Waals surface area contributed by atoms with Gasteiger partial charge in [0.25, 0.3) is 0 Å². The fourth-order valence-corrected chi connectivity index (χ4v) is 3.03. The zero-order valence-electron chi connectivity index (χ0n) is 8.68. The summed E-state index contributed by atoms with van der Waals surface area (Å²) in [6, 6.07) is 0.740. The number of piperidine rings is 1. The highest BCUT2D eigenvalue weighted by Gasteiger charge is 2.31. The molecule has 13 heavy (non-hydrogen) atoms. The third-order valence-electron chi connectivity index (χ3n) is 3.77. The van der Waals surface area contributed by atoms with E-state index in [0.29, 0.717) is 0 Å². The molecule has 0 aromatic carbocycles. The SMILES string of the molecule is CNCC1CC2CCCCC2CN1. The minimum Gasteiger partial charge on any atom is -0.318 e. The maximum atomic E-state index is 3.66. The predicted molar refractivity (Wildman–Crippen MR) is 55.8 cm³/mol. The van der Waals surface area contributed by atoms with Gasteiger partial charge in [0.05, 0.1) is 0 Å². The van der Waals surface area contributed by atoms with E-state index in [1.807, 2.05) is 0 Å². The molecule has 0 amide bonds. The molecule has 1 aliphatic heterocycles.